The highest BCUT2D eigenvalue weighted by Gasteiger charge is 2.30. The molecular formula is C25H31N3O4S. The zero-order valence-electron chi connectivity index (χ0n) is 18.7. The first kappa shape index (κ1) is 23.5. The molecule has 0 saturated carbocycles. The highest BCUT2D eigenvalue weighted by atomic mass is 32.2. The zero-order chi connectivity index (χ0) is 23.1. The fourth-order valence-corrected chi connectivity index (χ4v) is 5.51. The molecule has 0 radical (unpaired) electrons. The maximum absolute atomic E-state index is 12.8. The SMILES string of the molecule is O=C(NCc1ccccc1N1CCOCC1)C1CCN(S(=O)(=O)/C=C/c2ccccc2)CC1. The summed E-state index contributed by atoms with van der Waals surface area (Å²) in [6, 6.07) is 17.5. The molecule has 0 atom stereocenters. The van der Waals surface area contributed by atoms with Crippen LogP contribution in [0, 0.1) is 5.92 Å². The van der Waals surface area contributed by atoms with E-state index < -0.39 is 10.0 Å². The summed E-state index contributed by atoms with van der Waals surface area (Å²) in [4.78, 5) is 15.1. The molecule has 4 rings (SSSR count). The van der Waals surface area contributed by atoms with Crippen LogP contribution in [0.2, 0.25) is 0 Å². The Balaban J connectivity index is 1.29. The molecule has 2 fully saturated rings. The fourth-order valence-electron chi connectivity index (χ4n) is 4.29. The summed E-state index contributed by atoms with van der Waals surface area (Å²) in [6.45, 7) is 4.27. The number of nitrogens with zero attached hydrogens (tertiary/aromatic N) is 2. The maximum atomic E-state index is 12.8. The Labute approximate surface area is 196 Å². The van der Waals surface area contributed by atoms with Crippen molar-refractivity contribution in [1.29, 1.82) is 0 Å². The minimum absolute atomic E-state index is 0.0105. The largest absolute Gasteiger partial charge is 0.378 e. The van der Waals surface area contributed by atoms with Crippen molar-refractivity contribution in [1.82, 2.24) is 9.62 Å². The van der Waals surface area contributed by atoms with Crippen LogP contribution in [0.5, 0.6) is 0 Å². The third-order valence-corrected chi connectivity index (χ3v) is 7.78. The summed E-state index contributed by atoms with van der Waals surface area (Å²) in [5, 5.41) is 4.32. The van der Waals surface area contributed by atoms with Gasteiger partial charge in [0.2, 0.25) is 15.9 Å². The summed E-state index contributed by atoms with van der Waals surface area (Å²) in [7, 11) is -3.50. The Morgan fingerprint density at radius 1 is 0.970 bits per heavy atom. The van der Waals surface area contributed by atoms with Crippen LogP contribution in [0.4, 0.5) is 5.69 Å². The molecule has 0 spiro atoms. The van der Waals surface area contributed by atoms with E-state index in [1.165, 1.54) is 9.71 Å². The Hall–Kier alpha value is -2.68. The normalized spacial score (nSPS) is 18.5. The van der Waals surface area contributed by atoms with Crippen molar-refractivity contribution in [2.75, 3.05) is 44.3 Å². The van der Waals surface area contributed by atoms with Crippen LogP contribution < -0.4 is 10.2 Å². The molecule has 2 heterocycles. The second-order valence-electron chi connectivity index (χ2n) is 8.38. The average Bonchev–Trinajstić information content (AvgIpc) is 2.87. The van der Waals surface area contributed by atoms with E-state index in [4.69, 9.17) is 4.74 Å². The average molecular weight is 470 g/mol. The minimum atomic E-state index is -3.50. The summed E-state index contributed by atoms with van der Waals surface area (Å²) in [6.07, 6.45) is 2.66. The molecule has 1 amide bonds. The van der Waals surface area contributed by atoms with Gasteiger partial charge in [-0.25, -0.2) is 8.42 Å². The highest BCUT2D eigenvalue weighted by molar-refractivity contribution is 7.92. The molecule has 0 bridgehead atoms. The number of para-hydroxylation sites is 1. The molecule has 176 valence electrons. The topological polar surface area (TPSA) is 79.0 Å². The van der Waals surface area contributed by atoms with Crippen molar-refractivity contribution < 1.29 is 17.9 Å². The van der Waals surface area contributed by atoms with Gasteiger partial charge in [0.25, 0.3) is 0 Å². The number of nitrogens with one attached hydrogen (secondary N) is 1. The molecule has 1 N–H and O–H groups in total. The van der Waals surface area contributed by atoms with Gasteiger partial charge in [-0.15, -0.1) is 0 Å². The number of amides is 1. The second-order valence-corrected chi connectivity index (χ2v) is 10.2. The zero-order valence-corrected chi connectivity index (χ0v) is 19.5. The van der Waals surface area contributed by atoms with Gasteiger partial charge in [-0.1, -0.05) is 48.5 Å². The third kappa shape index (κ3) is 6.22. The predicted octanol–water partition coefficient (Wildman–Crippen LogP) is 2.85. The molecule has 2 aliphatic heterocycles. The van der Waals surface area contributed by atoms with Crippen LogP contribution >= 0.6 is 0 Å². The van der Waals surface area contributed by atoms with Crippen LogP contribution in [-0.4, -0.2) is 58.0 Å². The van der Waals surface area contributed by atoms with Crippen molar-refractivity contribution in [3.8, 4) is 0 Å². The van der Waals surface area contributed by atoms with Crippen LogP contribution in [-0.2, 0) is 26.1 Å². The molecule has 2 aromatic rings. The van der Waals surface area contributed by atoms with E-state index in [2.05, 4.69) is 16.3 Å². The van der Waals surface area contributed by atoms with Gasteiger partial charge in [0.05, 0.1) is 13.2 Å². The van der Waals surface area contributed by atoms with Gasteiger partial charge in [0.1, 0.15) is 0 Å². The van der Waals surface area contributed by atoms with Gasteiger partial charge in [-0.3, -0.25) is 4.79 Å². The molecule has 7 nitrogen and oxygen atoms in total. The summed E-state index contributed by atoms with van der Waals surface area (Å²) in [5.74, 6) is -0.186. The number of benzene rings is 2. The van der Waals surface area contributed by atoms with Crippen LogP contribution in [0.15, 0.2) is 60.0 Å². The Morgan fingerprint density at radius 3 is 2.36 bits per heavy atom. The molecule has 0 aromatic heterocycles. The lowest BCUT2D eigenvalue weighted by atomic mass is 9.97. The molecule has 2 aliphatic rings. The van der Waals surface area contributed by atoms with Crippen molar-refractivity contribution in [3.05, 3.63) is 71.1 Å². The van der Waals surface area contributed by atoms with Gasteiger partial charge in [0.15, 0.2) is 0 Å². The van der Waals surface area contributed by atoms with Crippen molar-refractivity contribution >= 4 is 27.7 Å². The molecule has 0 aliphatic carbocycles. The number of carbonyl (C=O) groups excluding carboxylic acids is 1. The highest BCUT2D eigenvalue weighted by Crippen LogP contribution is 2.23. The molecule has 33 heavy (non-hydrogen) atoms. The molecule has 2 saturated heterocycles. The summed E-state index contributed by atoms with van der Waals surface area (Å²) >= 11 is 0. The first-order chi connectivity index (χ1) is 16.0. The quantitative estimate of drug-likeness (QED) is 0.675. The van der Waals surface area contributed by atoms with Crippen LogP contribution in [0.25, 0.3) is 6.08 Å². The van der Waals surface area contributed by atoms with E-state index in [1.807, 2.05) is 48.5 Å². The van der Waals surface area contributed by atoms with E-state index in [9.17, 15) is 13.2 Å². The van der Waals surface area contributed by atoms with Gasteiger partial charge in [-0.05, 0) is 36.1 Å². The van der Waals surface area contributed by atoms with Gasteiger partial charge < -0.3 is 15.0 Å². The Kier molecular flexibility index (Phi) is 7.80. The number of hydrogen-bond donors (Lipinski definition) is 1. The lowest BCUT2D eigenvalue weighted by Gasteiger charge is -2.31. The first-order valence-corrected chi connectivity index (χ1v) is 12.9. The number of anilines is 1. The van der Waals surface area contributed by atoms with E-state index in [0.717, 1.165) is 29.9 Å². The van der Waals surface area contributed by atoms with E-state index in [0.29, 0.717) is 45.7 Å². The summed E-state index contributed by atoms with van der Waals surface area (Å²) < 4.78 is 32.2. The standard InChI is InChI=1S/C25H31N3O4S/c29-25(26-20-23-8-4-5-9-24(23)27-15-17-32-18-16-27)22-10-13-28(14-11-22)33(30,31)19-12-21-6-2-1-3-7-21/h1-9,12,19,22H,10-11,13-18,20H2,(H,26,29)/b19-12+. The third-order valence-electron chi connectivity index (χ3n) is 6.21. The van der Waals surface area contributed by atoms with Crippen molar-refractivity contribution in [3.63, 3.8) is 0 Å². The Morgan fingerprint density at radius 2 is 1.64 bits per heavy atom. The number of hydrogen-bond acceptors (Lipinski definition) is 5. The molecule has 2 aromatic carbocycles. The van der Waals surface area contributed by atoms with Crippen LogP contribution in [0.1, 0.15) is 24.0 Å². The number of piperidine rings is 1. The van der Waals surface area contributed by atoms with Gasteiger partial charge in [0, 0.05) is 49.7 Å². The molecule has 0 unspecified atom stereocenters. The van der Waals surface area contributed by atoms with Gasteiger partial charge >= 0.3 is 0 Å². The summed E-state index contributed by atoms with van der Waals surface area (Å²) in [5.41, 5.74) is 3.05. The second kappa shape index (κ2) is 11.0. The number of rotatable bonds is 7. The first-order valence-electron chi connectivity index (χ1n) is 11.4. The number of morpholine rings is 1. The fraction of sp³-hybridized carbons (Fsp3) is 0.400. The number of carbonyl (C=O) groups is 1. The van der Waals surface area contributed by atoms with Crippen LogP contribution in [0.3, 0.4) is 0 Å². The van der Waals surface area contributed by atoms with E-state index >= 15 is 0 Å². The predicted molar refractivity (Wildman–Crippen MR) is 130 cm³/mol. The molecule has 8 heteroatoms. The lowest BCUT2D eigenvalue weighted by molar-refractivity contribution is -0.126. The van der Waals surface area contributed by atoms with E-state index in [1.54, 1.807) is 6.08 Å². The van der Waals surface area contributed by atoms with Crippen molar-refractivity contribution in [2.24, 2.45) is 5.92 Å². The maximum Gasteiger partial charge on any atom is 0.236 e. The monoisotopic (exact) mass is 469 g/mol. The van der Waals surface area contributed by atoms with Crippen molar-refractivity contribution in [2.45, 2.75) is 19.4 Å². The number of ether oxygens (including phenoxy) is 1. The minimum Gasteiger partial charge on any atom is -0.378 e. The molecular weight excluding hydrogens is 438 g/mol. The Bertz CT molecular complexity index is 1060. The smallest absolute Gasteiger partial charge is 0.236 e. The van der Waals surface area contributed by atoms with E-state index in [-0.39, 0.29) is 11.8 Å². The lowest BCUT2D eigenvalue weighted by Crippen LogP contribution is -2.42. The van der Waals surface area contributed by atoms with Gasteiger partial charge in [-0.2, -0.15) is 4.31 Å². The number of sulfonamides is 1.